The quantitative estimate of drug-likeness (QED) is 0.815. The first-order valence-electron chi connectivity index (χ1n) is 5.80. The van der Waals surface area contributed by atoms with Crippen LogP contribution < -0.4 is 19.5 Å². The van der Waals surface area contributed by atoms with Crippen molar-refractivity contribution in [1.29, 1.82) is 0 Å². The van der Waals surface area contributed by atoms with Gasteiger partial charge in [-0.05, 0) is 6.92 Å². The summed E-state index contributed by atoms with van der Waals surface area (Å²) in [5.74, 6) is 1.16. The van der Waals surface area contributed by atoms with Gasteiger partial charge in [-0.3, -0.25) is 4.79 Å². The van der Waals surface area contributed by atoms with Gasteiger partial charge in [0.05, 0.1) is 26.9 Å². The molecule has 1 N–H and O–H groups in total. The number of hydrogen-bond acceptors (Lipinski definition) is 4. The van der Waals surface area contributed by atoms with Crippen molar-refractivity contribution in [3.8, 4) is 17.2 Å². The lowest BCUT2D eigenvalue weighted by Crippen LogP contribution is -2.27. The Morgan fingerprint density at radius 3 is 2.11 bits per heavy atom. The van der Waals surface area contributed by atoms with Gasteiger partial charge in [-0.25, -0.2) is 0 Å². The number of nitrogens with one attached hydrogen (secondary N) is 1. The van der Waals surface area contributed by atoms with E-state index in [2.05, 4.69) is 5.32 Å². The third-order valence-corrected chi connectivity index (χ3v) is 3.00. The van der Waals surface area contributed by atoms with Crippen LogP contribution in [0, 0.1) is 0 Å². The number of rotatable bonds is 6. The van der Waals surface area contributed by atoms with Gasteiger partial charge in [0.2, 0.25) is 5.91 Å². The van der Waals surface area contributed by atoms with Crippen molar-refractivity contribution in [2.24, 2.45) is 0 Å². The Labute approximate surface area is 117 Å². The van der Waals surface area contributed by atoms with Crippen LogP contribution in [0.4, 0.5) is 0 Å². The summed E-state index contributed by atoms with van der Waals surface area (Å²) in [6.07, 6.45) is 0. The summed E-state index contributed by atoms with van der Waals surface area (Å²) in [6, 6.07) is 3.32. The number of carbonyl (C=O) groups excluding carboxylic acids is 1. The second kappa shape index (κ2) is 7.09. The van der Waals surface area contributed by atoms with Crippen LogP contribution >= 0.6 is 11.6 Å². The molecule has 0 aliphatic heterocycles. The van der Waals surface area contributed by atoms with Crippen molar-refractivity contribution in [3.63, 3.8) is 0 Å². The molecule has 0 radical (unpaired) electrons. The molecule has 0 saturated carbocycles. The Hall–Kier alpha value is -1.62. The standard InChI is InChI=1S/C13H18ClNO4/c1-5-15-13(16)12(14)11-9(18-3)6-8(17-2)7-10(11)19-4/h6-7,12H,5H2,1-4H3,(H,15,16). The van der Waals surface area contributed by atoms with Crippen molar-refractivity contribution in [2.75, 3.05) is 27.9 Å². The Bertz CT molecular complexity index is 425. The van der Waals surface area contributed by atoms with Gasteiger partial charge in [0.25, 0.3) is 0 Å². The molecule has 0 aromatic heterocycles. The molecule has 0 aliphatic carbocycles. The van der Waals surface area contributed by atoms with E-state index in [0.29, 0.717) is 29.4 Å². The summed E-state index contributed by atoms with van der Waals surface area (Å²) in [6.45, 7) is 2.33. The molecule has 19 heavy (non-hydrogen) atoms. The van der Waals surface area contributed by atoms with Crippen molar-refractivity contribution in [3.05, 3.63) is 17.7 Å². The maximum absolute atomic E-state index is 11.8. The van der Waals surface area contributed by atoms with E-state index in [4.69, 9.17) is 25.8 Å². The summed E-state index contributed by atoms with van der Waals surface area (Å²) >= 11 is 6.19. The molecule has 6 heteroatoms. The Morgan fingerprint density at radius 1 is 1.21 bits per heavy atom. The molecule has 0 bridgehead atoms. The highest BCUT2D eigenvalue weighted by Gasteiger charge is 2.26. The van der Waals surface area contributed by atoms with Crippen LogP contribution in [0.1, 0.15) is 17.9 Å². The fourth-order valence-electron chi connectivity index (χ4n) is 1.68. The van der Waals surface area contributed by atoms with Crippen LogP contribution in [0.25, 0.3) is 0 Å². The fourth-order valence-corrected chi connectivity index (χ4v) is 1.97. The van der Waals surface area contributed by atoms with Crippen molar-refractivity contribution in [2.45, 2.75) is 12.3 Å². The molecule has 106 valence electrons. The molecule has 0 saturated heterocycles. The zero-order chi connectivity index (χ0) is 14.4. The number of hydrogen-bond donors (Lipinski definition) is 1. The Kier molecular flexibility index (Phi) is 5.76. The van der Waals surface area contributed by atoms with E-state index in [9.17, 15) is 4.79 Å². The molecular formula is C13H18ClNO4. The molecule has 1 aromatic rings. The maximum atomic E-state index is 11.8. The van der Waals surface area contributed by atoms with Gasteiger partial charge in [0.15, 0.2) is 0 Å². The average molecular weight is 288 g/mol. The first-order chi connectivity index (χ1) is 9.08. The van der Waals surface area contributed by atoms with Crippen LogP contribution in [0.5, 0.6) is 17.2 Å². The van der Waals surface area contributed by atoms with Gasteiger partial charge in [-0.2, -0.15) is 0 Å². The molecule has 5 nitrogen and oxygen atoms in total. The summed E-state index contributed by atoms with van der Waals surface area (Å²) in [7, 11) is 4.54. The lowest BCUT2D eigenvalue weighted by molar-refractivity contribution is -0.120. The number of ether oxygens (including phenoxy) is 3. The lowest BCUT2D eigenvalue weighted by atomic mass is 10.1. The first-order valence-corrected chi connectivity index (χ1v) is 6.24. The molecule has 0 fully saturated rings. The molecule has 1 atom stereocenters. The first kappa shape index (κ1) is 15.4. The summed E-state index contributed by atoms with van der Waals surface area (Å²) in [5.41, 5.74) is 0.485. The molecule has 0 spiro atoms. The fraction of sp³-hybridized carbons (Fsp3) is 0.462. The van der Waals surface area contributed by atoms with E-state index < -0.39 is 5.38 Å². The monoisotopic (exact) mass is 287 g/mol. The second-order valence-corrected chi connectivity index (χ2v) is 4.14. The molecular weight excluding hydrogens is 270 g/mol. The van der Waals surface area contributed by atoms with E-state index >= 15 is 0 Å². The summed E-state index contributed by atoms with van der Waals surface area (Å²) in [4.78, 5) is 11.8. The van der Waals surface area contributed by atoms with Crippen molar-refractivity contribution >= 4 is 17.5 Å². The zero-order valence-electron chi connectivity index (χ0n) is 11.5. The zero-order valence-corrected chi connectivity index (χ0v) is 12.2. The smallest absolute Gasteiger partial charge is 0.242 e. The highest BCUT2D eigenvalue weighted by Crippen LogP contribution is 2.40. The van der Waals surface area contributed by atoms with Crippen LogP contribution in [0.15, 0.2) is 12.1 Å². The van der Waals surface area contributed by atoms with Crippen LogP contribution in [0.2, 0.25) is 0 Å². The lowest BCUT2D eigenvalue weighted by Gasteiger charge is -2.18. The number of likely N-dealkylation sites (N-methyl/N-ethyl adjacent to an activating group) is 1. The van der Waals surface area contributed by atoms with E-state index in [0.717, 1.165) is 0 Å². The maximum Gasteiger partial charge on any atom is 0.242 e. The SMILES string of the molecule is CCNC(=O)C(Cl)c1c(OC)cc(OC)cc1OC. The number of halogens is 1. The van der Waals surface area contributed by atoms with Crippen LogP contribution in [-0.2, 0) is 4.79 Å². The number of methoxy groups -OCH3 is 3. The van der Waals surface area contributed by atoms with Gasteiger partial charge >= 0.3 is 0 Å². The Balaban J connectivity index is 3.27. The van der Waals surface area contributed by atoms with E-state index in [1.54, 1.807) is 12.1 Å². The minimum absolute atomic E-state index is 0.300. The normalized spacial score (nSPS) is 11.6. The number of carbonyl (C=O) groups is 1. The minimum atomic E-state index is -0.893. The highest BCUT2D eigenvalue weighted by molar-refractivity contribution is 6.31. The van der Waals surface area contributed by atoms with Gasteiger partial charge in [0.1, 0.15) is 22.6 Å². The molecule has 1 unspecified atom stereocenters. The van der Waals surface area contributed by atoms with Gasteiger partial charge in [-0.15, -0.1) is 11.6 Å². The number of amides is 1. The predicted molar refractivity (Wildman–Crippen MR) is 73.4 cm³/mol. The molecule has 0 heterocycles. The van der Waals surface area contributed by atoms with E-state index in [1.807, 2.05) is 6.92 Å². The highest BCUT2D eigenvalue weighted by atomic mass is 35.5. The van der Waals surface area contributed by atoms with Gasteiger partial charge in [-0.1, -0.05) is 0 Å². The van der Waals surface area contributed by atoms with Crippen molar-refractivity contribution < 1.29 is 19.0 Å². The summed E-state index contributed by atoms with van der Waals surface area (Å²) < 4.78 is 15.6. The third kappa shape index (κ3) is 3.44. The second-order valence-electron chi connectivity index (χ2n) is 3.70. The number of alkyl halides is 1. The van der Waals surface area contributed by atoms with Crippen molar-refractivity contribution in [1.82, 2.24) is 5.32 Å². The topological polar surface area (TPSA) is 56.8 Å². The van der Waals surface area contributed by atoms with E-state index in [-0.39, 0.29) is 5.91 Å². The minimum Gasteiger partial charge on any atom is -0.496 e. The Morgan fingerprint density at radius 2 is 1.74 bits per heavy atom. The summed E-state index contributed by atoms with van der Waals surface area (Å²) in [5, 5.41) is 1.77. The van der Waals surface area contributed by atoms with Crippen LogP contribution in [0.3, 0.4) is 0 Å². The van der Waals surface area contributed by atoms with Gasteiger partial charge < -0.3 is 19.5 Å². The van der Waals surface area contributed by atoms with Crippen LogP contribution in [-0.4, -0.2) is 33.8 Å². The molecule has 0 aliphatic rings. The third-order valence-electron chi connectivity index (χ3n) is 2.59. The number of benzene rings is 1. The molecule has 1 amide bonds. The largest absolute Gasteiger partial charge is 0.496 e. The van der Waals surface area contributed by atoms with E-state index in [1.165, 1.54) is 21.3 Å². The van der Waals surface area contributed by atoms with Gasteiger partial charge in [0, 0.05) is 18.7 Å². The molecule has 1 rings (SSSR count). The molecule has 1 aromatic carbocycles. The predicted octanol–water partition coefficient (Wildman–Crippen LogP) is 2.13. The average Bonchev–Trinajstić information content (AvgIpc) is 2.44.